The summed E-state index contributed by atoms with van der Waals surface area (Å²) in [6.07, 6.45) is 0.555. The van der Waals surface area contributed by atoms with Crippen molar-refractivity contribution in [2.45, 2.75) is 32.4 Å². The van der Waals surface area contributed by atoms with Crippen LogP contribution < -0.4 is 0 Å². The first-order valence-electron chi connectivity index (χ1n) is 3.76. The van der Waals surface area contributed by atoms with E-state index in [-0.39, 0.29) is 6.10 Å². The molecular weight excluding hydrogens is 126 g/mol. The molecule has 1 fully saturated rings. The summed E-state index contributed by atoms with van der Waals surface area (Å²) in [6.45, 7) is 9.00. The molecule has 1 aliphatic heterocycles. The normalized spacial score (nSPS) is 26.6. The summed E-state index contributed by atoms with van der Waals surface area (Å²) in [6, 6.07) is 0.477. The average Bonchev–Trinajstić information content (AvgIpc) is 2.14. The summed E-state index contributed by atoms with van der Waals surface area (Å²) in [4.78, 5) is 2.14. The lowest BCUT2D eigenvalue weighted by Gasteiger charge is -2.23. The molecule has 0 radical (unpaired) electrons. The highest BCUT2D eigenvalue weighted by Crippen LogP contribution is 2.21. The van der Waals surface area contributed by atoms with Gasteiger partial charge in [-0.25, -0.2) is 0 Å². The van der Waals surface area contributed by atoms with Gasteiger partial charge >= 0.3 is 0 Å². The number of hydrogen-bond acceptors (Lipinski definition) is 2. The first kappa shape index (κ1) is 7.61. The molecule has 58 valence electrons. The Kier molecular flexibility index (Phi) is 2.00. The Balaban J connectivity index is 2.57. The van der Waals surface area contributed by atoms with Crippen LogP contribution in [0.2, 0.25) is 0 Å². The molecule has 0 aromatic heterocycles. The van der Waals surface area contributed by atoms with Gasteiger partial charge in [0.1, 0.15) is 0 Å². The maximum atomic E-state index is 9.28. The fourth-order valence-electron chi connectivity index (χ4n) is 1.35. The summed E-state index contributed by atoms with van der Waals surface area (Å²) in [5, 5.41) is 9.28. The summed E-state index contributed by atoms with van der Waals surface area (Å²) >= 11 is 0. The second-order valence-corrected chi connectivity index (χ2v) is 3.08. The van der Waals surface area contributed by atoms with Crippen LogP contribution in [-0.4, -0.2) is 28.7 Å². The third-order valence-corrected chi connectivity index (χ3v) is 2.02. The van der Waals surface area contributed by atoms with Crippen molar-refractivity contribution in [1.82, 2.24) is 4.90 Å². The Morgan fingerprint density at radius 1 is 1.70 bits per heavy atom. The Morgan fingerprint density at radius 2 is 2.30 bits per heavy atom. The van der Waals surface area contributed by atoms with E-state index in [1.54, 1.807) is 0 Å². The third-order valence-electron chi connectivity index (χ3n) is 2.02. The van der Waals surface area contributed by atoms with Gasteiger partial charge < -0.3 is 10.0 Å². The predicted octanol–water partition coefficient (Wildman–Crippen LogP) is 0.975. The largest absolute Gasteiger partial charge is 0.387 e. The maximum absolute atomic E-state index is 9.28. The van der Waals surface area contributed by atoms with Crippen LogP contribution in [0, 0.1) is 0 Å². The van der Waals surface area contributed by atoms with Crippen LogP contribution in [0.1, 0.15) is 20.3 Å². The van der Waals surface area contributed by atoms with Crippen molar-refractivity contribution >= 4 is 0 Å². The van der Waals surface area contributed by atoms with Crippen LogP contribution in [0.15, 0.2) is 12.3 Å². The van der Waals surface area contributed by atoms with Gasteiger partial charge in [0, 0.05) is 18.3 Å². The lowest BCUT2D eigenvalue weighted by molar-refractivity contribution is 0.210. The molecule has 0 aliphatic carbocycles. The molecule has 0 aromatic carbocycles. The van der Waals surface area contributed by atoms with Crippen molar-refractivity contribution < 1.29 is 5.11 Å². The van der Waals surface area contributed by atoms with Crippen molar-refractivity contribution in [3.05, 3.63) is 12.3 Å². The molecule has 2 heteroatoms. The molecule has 1 heterocycles. The van der Waals surface area contributed by atoms with Gasteiger partial charge in [-0.1, -0.05) is 6.58 Å². The topological polar surface area (TPSA) is 23.5 Å². The van der Waals surface area contributed by atoms with Crippen LogP contribution in [0.5, 0.6) is 0 Å². The molecule has 0 saturated carbocycles. The molecule has 0 spiro atoms. The molecule has 0 bridgehead atoms. The van der Waals surface area contributed by atoms with Crippen molar-refractivity contribution in [3.8, 4) is 0 Å². The molecular formula is C8H15NO. The van der Waals surface area contributed by atoms with Crippen molar-refractivity contribution in [2.75, 3.05) is 6.54 Å². The molecule has 1 atom stereocenters. The van der Waals surface area contributed by atoms with E-state index in [0.717, 1.165) is 18.7 Å². The zero-order valence-corrected chi connectivity index (χ0v) is 6.67. The van der Waals surface area contributed by atoms with E-state index in [2.05, 4.69) is 25.3 Å². The van der Waals surface area contributed by atoms with Crippen molar-refractivity contribution in [1.29, 1.82) is 0 Å². The molecule has 1 rings (SSSR count). The third kappa shape index (κ3) is 1.16. The van der Waals surface area contributed by atoms with Crippen molar-refractivity contribution in [2.24, 2.45) is 0 Å². The Morgan fingerprint density at radius 3 is 2.50 bits per heavy atom. The van der Waals surface area contributed by atoms with Crippen LogP contribution in [0.25, 0.3) is 0 Å². The Hall–Kier alpha value is -0.500. The minimum atomic E-state index is -0.289. The molecule has 1 saturated heterocycles. The monoisotopic (exact) mass is 141 g/mol. The summed E-state index contributed by atoms with van der Waals surface area (Å²) in [7, 11) is 0. The summed E-state index contributed by atoms with van der Waals surface area (Å²) < 4.78 is 0. The first-order valence-corrected chi connectivity index (χ1v) is 3.76. The van der Waals surface area contributed by atoms with Gasteiger partial charge in [0.05, 0.1) is 6.10 Å². The van der Waals surface area contributed by atoms with Gasteiger partial charge in [-0.15, -0.1) is 0 Å². The van der Waals surface area contributed by atoms with Gasteiger partial charge in [0.25, 0.3) is 0 Å². The van der Waals surface area contributed by atoms with E-state index >= 15 is 0 Å². The van der Waals surface area contributed by atoms with E-state index in [1.807, 2.05) is 0 Å². The smallest absolute Gasteiger partial charge is 0.0947 e. The number of nitrogens with zero attached hydrogens (tertiary/aromatic N) is 1. The van der Waals surface area contributed by atoms with E-state index in [0.29, 0.717) is 6.04 Å². The van der Waals surface area contributed by atoms with Gasteiger partial charge in [-0.05, 0) is 20.3 Å². The molecule has 2 nitrogen and oxygen atoms in total. The standard InChI is InChI=1S/C8H15NO/c1-6(2)9-5-4-8(10)7(9)3/h6,8,10H,3-5H2,1-2H3/t8-/m1/s1. The fraction of sp³-hybridized carbons (Fsp3) is 0.750. The molecule has 0 amide bonds. The Bertz CT molecular complexity index is 142. The van der Waals surface area contributed by atoms with Crippen LogP contribution in [0.3, 0.4) is 0 Å². The quantitative estimate of drug-likeness (QED) is 0.588. The zero-order valence-electron chi connectivity index (χ0n) is 6.67. The lowest BCUT2D eigenvalue weighted by atomic mass is 10.3. The van der Waals surface area contributed by atoms with E-state index < -0.39 is 0 Å². The zero-order chi connectivity index (χ0) is 7.72. The molecule has 1 aliphatic rings. The molecule has 1 N–H and O–H groups in total. The summed E-state index contributed by atoms with van der Waals surface area (Å²) in [5.41, 5.74) is 0.884. The minimum Gasteiger partial charge on any atom is -0.387 e. The Labute approximate surface area is 62.2 Å². The number of rotatable bonds is 1. The highest BCUT2D eigenvalue weighted by Gasteiger charge is 2.25. The highest BCUT2D eigenvalue weighted by atomic mass is 16.3. The van der Waals surface area contributed by atoms with Crippen LogP contribution in [0.4, 0.5) is 0 Å². The van der Waals surface area contributed by atoms with Crippen LogP contribution in [-0.2, 0) is 0 Å². The maximum Gasteiger partial charge on any atom is 0.0947 e. The van der Waals surface area contributed by atoms with E-state index in [4.69, 9.17) is 0 Å². The number of aliphatic hydroxyl groups excluding tert-OH is 1. The van der Waals surface area contributed by atoms with Crippen LogP contribution >= 0.6 is 0 Å². The molecule has 0 unspecified atom stereocenters. The molecule has 0 aromatic rings. The SMILES string of the molecule is C=C1[C@H](O)CCN1C(C)C. The number of hydrogen-bond donors (Lipinski definition) is 1. The second-order valence-electron chi connectivity index (χ2n) is 3.08. The van der Waals surface area contributed by atoms with E-state index in [9.17, 15) is 5.11 Å². The fourth-order valence-corrected chi connectivity index (χ4v) is 1.35. The number of aliphatic hydroxyl groups is 1. The average molecular weight is 141 g/mol. The van der Waals surface area contributed by atoms with Gasteiger partial charge in [0.15, 0.2) is 0 Å². The first-order chi connectivity index (χ1) is 4.63. The summed E-state index contributed by atoms with van der Waals surface area (Å²) in [5.74, 6) is 0. The predicted molar refractivity (Wildman–Crippen MR) is 41.6 cm³/mol. The van der Waals surface area contributed by atoms with Gasteiger partial charge in [-0.2, -0.15) is 0 Å². The minimum absolute atomic E-state index is 0.289. The van der Waals surface area contributed by atoms with E-state index in [1.165, 1.54) is 0 Å². The molecule has 10 heavy (non-hydrogen) atoms. The van der Waals surface area contributed by atoms with Gasteiger partial charge in [-0.3, -0.25) is 0 Å². The van der Waals surface area contributed by atoms with Gasteiger partial charge in [0.2, 0.25) is 0 Å². The second kappa shape index (κ2) is 2.62. The lowest BCUT2D eigenvalue weighted by Crippen LogP contribution is -2.26. The highest BCUT2D eigenvalue weighted by molar-refractivity contribution is 5.07. The van der Waals surface area contributed by atoms with Crippen molar-refractivity contribution in [3.63, 3.8) is 0 Å². The number of likely N-dealkylation sites (tertiary alicyclic amines) is 1.